The van der Waals surface area contributed by atoms with Crippen LogP contribution in [0.3, 0.4) is 0 Å². The van der Waals surface area contributed by atoms with Crippen LogP contribution in [-0.2, 0) is 14.0 Å². The molecular formula is C23H27BN2O5. The van der Waals surface area contributed by atoms with Gasteiger partial charge in [-0.2, -0.15) is 0 Å². The van der Waals surface area contributed by atoms with Crippen LogP contribution in [0.25, 0.3) is 0 Å². The molecule has 31 heavy (non-hydrogen) atoms. The number of esters is 1. The monoisotopic (exact) mass is 422 g/mol. The third-order valence-electron chi connectivity index (χ3n) is 6.30. The number of anilines is 2. The highest BCUT2D eigenvalue weighted by atomic mass is 16.7. The molecule has 7 nitrogen and oxygen atoms in total. The van der Waals surface area contributed by atoms with Gasteiger partial charge in [0.1, 0.15) is 0 Å². The number of carbonyl (C=O) groups excluding carboxylic acids is 2. The van der Waals surface area contributed by atoms with E-state index in [1.165, 1.54) is 7.11 Å². The molecule has 0 bridgehead atoms. The van der Waals surface area contributed by atoms with Crippen molar-refractivity contribution >= 4 is 36.0 Å². The molecule has 2 heterocycles. The lowest BCUT2D eigenvalue weighted by Gasteiger charge is -2.32. The Morgan fingerprint density at radius 1 is 0.935 bits per heavy atom. The number of rotatable bonds is 4. The van der Waals surface area contributed by atoms with Crippen LogP contribution in [0.15, 0.2) is 48.5 Å². The number of benzene rings is 2. The predicted molar refractivity (Wildman–Crippen MR) is 120 cm³/mol. The first-order valence-electron chi connectivity index (χ1n) is 10.4. The molecule has 0 unspecified atom stereocenters. The summed E-state index contributed by atoms with van der Waals surface area (Å²) < 4.78 is 17.1. The summed E-state index contributed by atoms with van der Waals surface area (Å²) in [6.45, 7) is 9.11. The summed E-state index contributed by atoms with van der Waals surface area (Å²) in [7, 11) is 0.848. The minimum absolute atomic E-state index is 0.145. The summed E-state index contributed by atoms with van der Waals surface area (Å²) in [4.78, 5) is 28.4. The summed E-state index contributed by atoms with van der Waals surface area (Å²) in [6.07, 6.45) is 0. The molecule has 2 aliphatic rings. The van der Waals surface area contributed by atoms with Gasteiger partial charge in [-0.1, -0.05) is 18.2 Å². The van der Waals surface area contributed by atoms with Crippen molar-refractivity contribution in [2.24, 2.45) is 0 Å². The molecule has 0 aliphatic carbocycles. The van der Waals surface area contributed by atoms with E-state index >= 15 is 0 Å². The standard InChI is InChI=1S/C23H27BN2O5/c1-22(2)23(3,4)31-24(30-22)17-9-7-11-19(15-17)26-13-12-25(21(26)28)18-10-6-8-16(14-18)20(27)29-5/h6-11,14-15H,12-13H2,1-5H3. The SMILES string of the molecule is COC(=O)c1cccc(N2CCN(c3cccc(B4OC(C)(C)C(C)(C)O4)c3)C2=O)c1. The lowest BCUT2D eigenvalue weighted by molar-refractivity contribution is 0.00578. The van der Waals surface area contributed by atoms with Crippen LogP contribution in [0.5, 0.6) is 0 Å². The molecule has 0 saturated carbocycles. The van der Waals surface area contributed by atoms with Gasteiger partial charge in [0.05, 0.1) is 23.9 Å². The molecule has 2 fully saturated rings. The number of methoxy groups -OCH3 is 1. The van der Waals surface area contributed by atoms with Gasteiger partial charge in [-0.3, -0.25) is 9.80 Å². The first-order chi connectivity index (χ1) is 14.6. The van der Waals surface area contributed by atoms with Crippen LogP contribution >= 0.6 is 0 Å². The van der Waals surface area contributed by atoms with Crippen molar-refractivity contribution in [2.45, 2.75) is 38.9 Å². The molecule has 0 aromatic heterocycles. The molecule has 2 saturated heterocycles. The van der Waals surface area contributed by atoms with Crippen molar-refractivity contribution in [3.05, 3.63) is 54.1 Å². The summed E-state index contributed by atoms with van der Waals surface area (Å²) in [5.74, 6) is -0.430. The number of amides is 2. The number of hydrogen-bond acceptors (Lipinski definition) is 5. The van der Waals surface area contributed by atoms with Gasteiger partial charge in [-0.25, -0.2) is 9.59 Å². The molecule has 0 N–H and O–H groups in total. The van der Waals surface area contributed by atoms with Gasteiger partial charge in [0.2, 0.25) is 0 Å². The van der Waals surface area contributed by atoms with Crippen molar-refractivity contribution < 1.29 is 23.6 Å². The zero-order valence-corrected chi connectivity index (χ0v) is 18.5. The molecule has 0 atom stereocenters. The van der Waals surface area contributed by atoms with Crippen molar-refractivity contribution in [2.75, 3.05) is 30.0 Å². The van der Waals surface area contributed by atoms with Gasteiger partial charge in [0.25, 0.3) is 0 Å². The van der Waals surface area contributed by atoms with Crippen molar-refractivity contribution in [1.29, 1.82) is 0 Å². The summed E-state index contributed by atoms with van der Waals surface area (Å²) in [6, 6.07) is 14.5. The number of nitrogens with zero attached hydrogens (tertiary/aromatic N) is 2. The minimum atomic E-state index is -0.490. The largest absolute Gasteiger partial charge is 0.494 e. The molecule has 2 aliphatic heterocycles. The van der Waals surface area contributed by atoms with E-state index in [-0.39, 0.29) is 6.03 Å². The van der Waals surface area contributed by atoms with Crippen LogP contribution in [0.4, 0.5) is 16.2 Å². The second-order valence-electron chi connectivity index (χ2n) is 8.81. The normalized spacial score (nSPS) is 19.8. The number of hydrogen-bond donors (Lipinski definition) is 0. The van der Waals surface area contributed by atoms with Crippen LogP contribution in [0.2, 0.25) is 0 Å². The van der Waals surface area contributed by atoms with E-state index in [0.717, 1.165) is 11.2 Å². The fraction of sp³-hybridized carbons (Fsp3) is 0.391. The third-order valence-corrected chi connectivity index (χ3v) is 6.30. The highest BCUT2D eigenvalue weighted by molar-refractivity contribution is 6.62. The molecule has 8 heteroatoms. The molecule has 0 spiro atoms. The maximum absolute atomic E-state index is 13.2. The average molecular weight is 422 g/mol. The molecule has 0 radical (unpaired) electrons. The fourth-order valence-electron chi connectivity index (χ4n) is 3.75. The van der Waals surface area contributed by atoms with Gasteiger partial charge in [0, 0.05) is 24.5 Å². The maximum atomic E-state index is 13.2. The minimum Gasteiger partial charge on any atom is -0.465 e. The Morgan fingerprint density at radius 3 is 2.06 bits per heavy atom. The van der Waals surface area contributed by atoms with Gasteiger partial charge in [-0.15, -0.1) is 0 Å². The van der Waals surface area contributed by atoms with Gasteiger partial charge in [-0.05, 0) is 63.5 Å². The average Bonchev–Trinajstić information content (AvgIpc) is 3.23. The molecule has 162 valence electrons. The zero-order valence-electron chi connectivity index (χ0n) is 18.5. The second-order valence-corrected chi connectivity index (χ2v) is 8.81. The molecular weight excluding hydrogens is 395 g/mol. The van der Waals surface area contributed by atoms with Crippen LogP contribution in [0, 0.1) is 0 Å². The zero-order chi connectivity index (χ0) is 22.4. The van der Waals surface area contributed by atoms with E-state index in [1.807, 2.05) is 58.0 Å². The van der Waals surface area contributed by atoms with Gasteiger partial charge in [0.15, 0.2) is 0 Å². The van der Waals surface area contributed by atoms with E-state index in [0.29, 0.717) is 24.3 Å². The van der Waals surface area contributed by atoms with Crippen LogP contribution in [-0.4, -0.2) is 50.5 Å². The lowest BCUT2D eigenvalue weighted by Crippen LogP contribution is -2.41. The summed E-state index contributed by atoms with van der Waals surface area (Å²) >= 11 is 0. The van der Waals surface area contributed by atoms with Crippen LogP contribution in [0.1, 0.15) is 38.1 Å². The predicted octanol–water partition coefficient (Wildman–Crippen LogP) is 3.22. The highest BCUT2D eigenvalue weighted by Crippen LogP contribution is 2.36. The lowest BCUT2D eigenvalue weighted by atomic mass is 9.79. The number of ether oxygens (including phenoxy) is 1. The van der Waals surface area contributed by atoms with Crippen LogP contribution < -0.4 is 15.3 Å². The Labute approximate surface area is 183 Å². The first kappa shape index (κ1) is 21.4. The molecule has 2 aromatic rings. The number of carbonyl (C=O) groups is 2. The second kappa shape index (κ2) is 7.69. The Hall–Kier alpha value is -2.84. The number of urea groups is 1. The highest BCUT2D eigenvalue weighted by Gasteiger charge is 2.51. The van der Waals surface area contributed by atoms with E-state index in [1.54, 1.807) is 28.0 Å². The maximum Gasteiger partial charge on any atom is 0.494 e. The molecule has 4 rings (SSSR count). The van der Waals surface area contributed by atoms with E-state index < -0.39 is 24.3 Å². The Bertz CT molecular complexity index is 1010. The van der Waals surface area contributed by atoms with E-state index in [4.69, 9.17) is 14.0 Å². The Morgan fingerprint density at radius 2 is 1.48 bits per heavy atom. The summed E-state index contributed by atoms with van der Waals surface area (Å²) in [5, 5.41) is 0. The first-order valence-corrected chi connectivity index (χ1v) is 10.4. The van der Waals surface area contributed by atoms with Crippen molar-refractivity contribution in [1.82, 2.24) is 0 Å². The van der Waals surface area contributed by atoms with E-state index in [9.17, 15) is 9.59 Å². The fourth-order valence-corrected chi connectivity index (χ4v) is 3.75. The molecule has 2 aromatic carbocycles. The van der Waals surface area contributed by atoms with Gasteiger partial charge >= 0.3 is 19.1 Å². The summed E-state index contributed by atoms with van der Waals surface area (Å²) in [5.41, 5.74) is 1.86. The third kappa shape index (κ3) is 3.81. The molecule has 2 amide bonds. The van der Waals surface area contributed by atoms with Crippen molar-refractivity contribution in [3.63, 3.8) is 0 Å². The van der Waals surface area contributed by atoms with Crippen molar-refractivity contribution in [3.8, 4) is 0 Å². The Balaban J connectivity index is 1.55. The van der Waals surface area contributed by atoms with Gasteiger partial charge < -0.3 is 14.0 Å². The smallest absolute Gasteiger partial charge is 0.465 e. The Kier molecular flexibility index (Phi) is 5.31. The van der Waals surface area contributed by atoms with E-state index in [2.05, 4.69) is 0 Å². The topological polar surface area (TPSA) is 68.3 Å². The quantitative estimate of drug-likeness (QED) is 0.559.